The fourth-order valence-electron chi connectivity index (χ4n) is 2.66. The SMILES string of the molecule is CC(C)C(NCc1cccc2cccnc12)c1cccs1. The number of para-hydroxylation sites is 1. The molecule has 3 heteroatoms. The van der Waals surface area contributed by atoms with E-state index >= 15 is 0 Å². The average Bonchev–Trinajstić information content (AvgIpc) is 3.01. The van der Waals surface area contributed by atoms with Crippen LogP contribution in [-0.4, -0.2) is 4.98 Å². The molecule has 0 radical (unpaired) electrons. The Morgan fingerprint density at radius 3 is 2.71 bits per heavy atom. The molecule has 3 aromatic rings. The minimum atomic E-state index is 0.393. The highest BCUT2D eigenvalue weighted by Crippen LogP contribution is 2.26. The Hall–Kier alpha value is -1.71. The van der Waals surface area contributed by atoms with E-state index < -0.39 is 0 Å². The predicted molar refractivity (Wildman–Crippen MR) is 90.5 cm³/mol. The van der Waals surface area contributed by atoms with E-state index in [0.29, 0.717) is 12.0 Å². The molecule has 1 aromatic carbocycles. The Labute approximate surface area is 129 Å². The first kappa shape index (κ1) is 14.2. The first-order chi connectivity index (χ1) is 10.3. The lowest BCUT2D eigenvalue weighted by molar-refractivity contribution is 0.417. The van der Waals surface area contributed by atoms with Crippen LogP contribution in [0.3, 0.4) is 0 Å². The molecule has 1 N–H and O–H groups in total. The minimum Gasteiger partial charge on any atom is -0.305 e. The lowest BCUT2D eigenvalue weighted by Crippen LogP contribution is -2.24. The van der Waals surface area contributed by atoms with E-state index in [2.05, 4.69) is 65.9 Å². The Morgan fingerprint density at radius 1 is 1.10 bits per heavy atom. The number of hydrogen-bond acceptors (Lipinski definition) is 3. The van der Waals surface area contributed by atoms with Gasteiger partial charge in [-0.3, -0.25) is 4.98 Å². The van der Waals surface area contributed by atoms with Gasteiger partial charge in [0.2, 0.25) is 0 Å². The van der Waals surface area contributed by atoms with Crippen molar-refractivity contribution in [1.82, 2.24) is 10.3 Å². The van der Waals surface area contributed by atoms with E-state index in [1.54, 1.807) is 0 Å². The van der Waals surface area contributed by atoms with Gasteiger partial charge in [-0.25, -0.2) is 0 Å². The number of hydrogen-bond donors (Lipinski definition) is 1. The summed E-state index contributed by atoms with van der Waals surface area (Å²) in [4.78, 5) is 5.93. The van der Waals surface area contributed by atoms with Crippen LogP contribution in [0.2, 0.25) is 0 Å². The van der Waals surface area contributed by atoms with Gasteiger partial charge in [0.1, 0.15) is 0 Å². The Kier molecular flexibility index (Phi) is 4.32. The van der Waals surface area contributed by atoms with Crippen molar-refractivity contribution in [1.29, 1.82) is 0 Å². The van der Waals surface area contributed by atoms with E-state index in [1.165, 1.54) is 15.8 Å². The molecule has 0 aliphatic rings. The van der Waals surface area contributed by atoms with E-state index in [4.69, 9.17) is 0 Å². The molecule has 21 heavy (non-hydrogen) atoms. The second-order valence-electron chi connectivity index (χ2n) is 5.61. The Morgan fingerprint density at radius 2 is 1.95 bits per heavy atom. The number of nitrogens with zero attached hydrogens (tertiary/aromatic N) is 1. The molecule has 0 aliphatic heterocycles. The van der Waals surface area contributed by atoms with Crippen LogP contribution in [0.15, 0.2) is 54.0 Å². The molecule has 108 valence electrons. The monoisotopic (exact) mass is 296 g/mol. The van der Waals surface area contributed by atoms with Gasteiger partial charge in [0, 0.05) is 29.0 Å². The second-order valence-corrected chi connectivity index (χ2v) is 6.59. The van der Waals surface area contributed by atoms with Crippen LogP contribution < -0.4 is 5.32 Å². The van der Waals surface area contributed by atoms with Crippen LogP contribution in [0.5, 0.6) is 0 Å². The van der Waals surface area contributed by atoms with Gasteiger partial charge in [0.25, 0.3) is 0 Å². The van der Waals surface area contributed by atoms with Crippen LogP contribution in [0.1, 0.15) is 30.3 Å². The highest BCUT2D eigenvalue weighted by Gasteiger charge is 2.16. The van der Waals surface area contributed by atoms with Gasteiger partial charge in [0.05, 0.1) is 5.52 Å². The molecule has 1 atom stereocenters. The quantitative estimate of drug-likeness (QED) is 0.732. The molecule has 1 unspecified atom stereocenters. The van der Waals surface area contributed by atoms with Gasteiger partial charge in [-0.05, 0) is 29.0 Å². The minimum absolute atomic E-state index is 0.393. The highest BCUT2D eigenvalue weighted by atomic mass is 32.1. The molecule has 3 rings (SSSR count). The molecule has 0 spiro atoms. The first-order valence-electron chi connectivity index (χ1n) is 7.35. The van der Waals surface area contributed by atoms with Crippen molar-refractivity contribution < 1.29 is 0 Å². The number of thiophene rings is 1. The summed E-state index contributed by atoms with van der Waals surface area (Å²) in [7, 11) is 0. The maximum Gasteiger partial charge on any atom is 0.0746 e. The topological polar surface area (TPSA) is 24.9 Å². The van der Waals surface area contributed by atoms with Crippen LogP contribution in [0.4, 0.5) is 0 Å². The molecule has 2 nitrogen and oxygen atoms in total. The number of rotatable bonds is 5. The summed E-state index contributed by atoms with van der Waals surface area (Å²) in [6.45, 7) is 5.37. The molecule has 0 fully saturated rings. The average molecular weight is 296 g/mol. The third-order valence-corrected chi connectivity index (χ3v) is 4.70. The molecule has 0 saturated carbocycles. The third kappa shape index (κ3) is 3.14. The molecular formula is C18H20N2S. The third-order valence-electron chi connectivity index (χ3n) is 3.75. The first-order valence-corrected chi connectivity index (χ1v) is 8.23. The zero-order valence-corrected chi connectivity index (χ0v) is 13.2. The van der Waals surface area contributed by atoms with Crippen molar-refractivity contribution in [3.63, 3.8) is 0 Å². The fourth-order valence-corrected chi connectivity index (χ4v) is 3.64. The lowest BCUT2D eigenvalue weighted by Gasteiger charge is -2.21. The number of benzene rings is 1. The van der Waals surface area contributed by atoms with Crippen molar-refractivity contribution >= 4 is 22.2 Å². The molecule has 2 aromatic heterocycles. The van der Waals surface area contributed by atoms with Crippen molar-refractivity contribution in [2.45, 2.75) is 26.4 Å². The summed E-state index contributed by atoms with van der Waals surface area (Å²) in [5, 5.41) is 7.05. The van der Waals surface area contributed by atoms with Gasteiger partial charge in [-0.2, -0.15) is 0 Å². The van der Waals surface area contributed by atoms with Crippen molar-refractivity contribution in [3.05, 3.63) is 64.5 Å². The Bertz CT molecular complexity index is 699. The second kappa shape index (κ2) is 6.37. The number of fused-ring (bicyclic) bond motifs is 1. The van der Waals surface area contributed by atoms with Crippen LogP contribution >= 0.6 is 11.3 Å². The summed E-state index contributed by atoms with van der Waals surface area (Å²) in [6.07, 6.45) is 1.87. The van der Waals surface area contributed by atoms with Crippen molar-refractivity contribution in [2.75, 3.05) is 0 Å². The number of pyridine rings is 1. The summed E-state index contributed by atoms with van der Waals surface area (Å²) < 4.78 is 0. The molecule has 0 amide bonds. The summed E-state index contributed by atoms with van der Waals surface area (Å²) in [5.41, 5.74) is 2.36. The lowest BCUT2D eigenvalue weighted by atomic mass is 10.0. The van der Waals surface area contributed by atoms with Gasteiger partial charge in [-0.15, -0.1) is 11.3 Å². The van der Waals surface area contributed by atoms with Crippen LogP contribution in [0, 0.1) is 5.92 Å². The van der Waals surface area contributed by atoms with Crippen LogP contribution in [-0.2, 0) is 6.54 Å². The smallest absolute Gasteiger partial charge is 0.0746 e. The molecular weight excluding hydrogens is 276 g/mol. The summed E-state index contributed by atoms with van der Waals surface area (Å²) in [5.74, 6) is 0.562. The predicted octanol–water partition coefficient (Wildman–Crippen LogP) is 4.78. The molecule has 0 saturated heterocycles. The van der Waals surface area contributed by atoms with E-state index in [1.807, 2.05) is 23.6 Å². The van der Waals surface area contributed by atoms with Crippen molar-refractivity contribution in [3.8, 4) is 0 Å². The number of aromatic nitrogens is 1. The zero-order chi connectivity index (χ0) is 14.7. The molecule has 0 bridgehead atoms. The van der Waals surface area contributed by atoms with Gasteiger partial charge in [0.15, 0.2) is 0 Å². The van der Waals surface area contributed by atoms with Gasteiger partial charge < -0.3 is 5.32 Å². The van der Waals surface area contributed by atoms with Gasteiger partial charge >= 0.3 is 0 Å². The maximum absolute atomic E-state index is 4.53. The van der Waals surface area contributed by atoms with E-state index in [0.717, 1.165) is 12.1 Å². The number of nitrogens with one attached hydrogen (secondary N) is 1. The zero-order valence-electron chi connectivity index (χ0n) is 12.4. The molecule has 2 heterocycles. The van der Waals surface area contributed by atoms with E-state index in [9.17, 15) is 0 Å². The largest absolute Gasteiger partial charge is 0.305 e. The van der Waals surface area contributed by atoms with Gasteiger partial charge in [-0.1, -0.05) is 44.2 Å². The Balaban J connectivity index is 1.82. The fraction of sp³-hybridized carbons (Fsp3) is 0.278. The normalized spacial score (nSPS) is 12.9. The van der Waals surface area contributed by atoms with Crippen LogP contribution in [0.25, 0.3) is 10.9 Å². The standard InChI is InChI=1S/C18H20N2S/c1-13(2)17(16-9-5-11-21-16)20-12-15-7-3-6-14-8-4-10-19-18(14)15/h3-11,13,17,20H,12H2,1-2H3. The summed E-state index contributed by atoms with van der Waals surface area (Å²) >= 11 is 1.82. The van der Waals surface area contributed by atoms with Crippen molar-refractivity contribution in [2.24, 2.45) is 5.92 Å². The summed E-state index contributed by atoms with van der Waals surface area (Å²) in [6, 6.07) is 15.2. The van der Waals surface area contributed by atoms with E-state index in [-0.39, 0.29) is 0 Å². The maximum atomic E-state index is 4.53. The highest BCUT2D eigenvalue weighted by molar-refractivity contribution is 7.10. The molecule has 0 aliphatic carbocycles.